The number of primary amides is 1. The summed E-state index contributed by atoms with van der Waals surface area (Å²) in [6, 6.07) is 6.89. The average molecular weight is 396 g/mol. The second-order valence-electron chi connectivity index (χ2n) is 7.30. The Kier molecular flexibility index (Phi) is 4.00. The van der Waals surface area contributed by atoms with Gasteiger partial charge in [-0.05, 0) is 26.3 Å². The number of oxazole rings is 1. The zero-order valence-corrected chi connectivity index (χ0v) is 16.2. The number of carbonyl (C=O) groups excluding carboxylic acids is 3. The van der Waals surface area contributed by atoms with Gasteiger partial charge in [0.2, 0.25) is 11.8 Å². The van der Waals surface area contributed by atoms with E-state index in [0.717, 1.165) is 0 Å². The van der Waals surface area contributed by atoms with Crippen LogP contribution in [0.4, 0.5) is 6.01 Å². The molecule has 2 aliphatic rings. The summed E-state index contributed by atoms with van der Waals surface area (Å²) >= 11 is 0. The quantitative estimate of drug-likeness (QED) is 0.736. The number of aromatic nitrogens is 1. The predicted octanol–water partition coefficient (Wildman–Crippen LogP) is 1.08. The van der Waals surface area contributed by atoms with Gasteiger partial charge < -0.3 is 25.5 Å². The number of esters is 1. The number of amides is 2. The molecule has 1 aliphatic heterocycles. The van der Waals surface area contributed by atoms with Crippen molar-refractivity contribution in [1.82, 2.24) is 9.88 Å². The first-order valence-electron chi connectivity index (χ1n) is 9.08. The molecule has 29 heavy (non-hydrogen) atoms. The lowest BCUT2D eigenvalue weighted by Gasteiger charge is -2.26. The molecule has 2 aromatic rings. The zero-order valence-electron chi connectivity index (χ0n) is 16.2. The zero-order chi connectivity index (χ0) is 21.1. The molecule has 1 aliphatic carbocycles. The number of benzene rings is 1. The highest BCUT2D eigenvalue weighted by molar-refractivity contribution is 6.14. The Morgan fingerprint density at radius 3 is 2.66 bits per heavy atom. The maximum Gasteiger partial charge on any atom is 0.337 e. The molecule has 9 heteroatoms. The standard InChI is InChI=1S/C20H20N4O5/c1-9(2)28-17(26)14-10(3)24(8-13(21)25)18(27)20(14)12-7-5-4-6-11(12)15-16(20)23-19(22)29-15/h4-7,9H,8H2,1-3H3,(H2,21,25)(H2,22,23)/t20-/m0/s1. The summed E-state index contributed by atoms with van der Waals surface area (Å²) in [4.78, 5) is 44.0. The summed E-state index contributed by atoms with van der Waals surface area (Å²) in [6.07, 6.45) is -0.418. The SMILES string of the molecule is CC1=C(C(=O)OC(C)C)[C@@]2(C(=O)N1CC(N)=O)c1ccccc1-c1oc(N)nc12. The van der Waals surface area contributed by atoms with Gasteiger partial charge in [0.25, 0.3) is 6.01 Å². The van der Waals surface area contributed by atoms with Crippen LogP contribution in [-0.4, -0.2) is 40.3 Å². The maximum absolute atomic E-state index is 13.8. The number of nitrogen functional groups attached to an aromatic ring is 1. The van der Waals surface area contributed by atoms with Crippen molar-refractivity contribution in [1.29, 1.82) is 0 Å². The van der Waals surface area contributed by atoms with E-state index < -0.39 is 29.3 Å². The Morgan fingerprint density at radius 2 is 2.00 bits per heavy atom. The number of rotatable bonds is 4. The van der Waals surface area contributed by atoms with Gasteiger partial charge in [0.1, 0.15) is 12.2 Å². The minimum Gasteiger partial charge on any atom is -0.460 e. The Labute approximate surface area is 166 Å². The molecule has 150 valence electrons. The van der Waals surface area contributed by atoms with Gasteiger partial charge in [-0.3, -0.25) is 9.59 Å². The van der Waals surface area contributed by atoms with E-state index in [1.54, 1.807) is 45.0 Å². The molecule has 1 aromatic carbocycles. The van der Waals surface area contributed by atoms with Crippen LogP contribution in [0.2, 0.25) is 0 Å². The molecule has 1 spiro atoms. The van der Waals surface area contributed by atoms with E-state index in [1.807, 2.05) is 0 Å². The van der Waals surface area contributed by atoms with Crippen LogP contribution in [-0.2, 0) is 24.5 Å². The number of carbonyl (C=O) groups is 3. The summed E-state index contributed by atoms with van der Waals surface area (Å²) in [5, 5.41) is 0. The molecule has 0 fully saturated rings. The third-order valence-electron chi connectivity index (χ3n) is 5.14. The number of nitrogens with two attached hydrogens (primary N) is 2. The van der Waals surface area contributed by atoms with Crippen LogP contribution in [0.15, 0.2) is 40.0 Å². The molecular weight excluding hydrogens is 376 g/mol. The van der Waals surface area contributed by atoms with E-state index in [-0.39, 0.29) is 29.5 Å². The van der Waals surface area contributed by atoms with Gasteiger partial charge in [0, 0.05) is 11.3 Å². The highest BCUT2D eigenvalue weighted by atomic mass is 16.5. The third-order valence-corrected chi connectivity index (χ3v) is 5.14. The molecule has 0 unspecified atom stereocenters. The predicted molar refractivity (Wildman–Crippen MR) is 102 cm³/mol. The molecule has 2 heterocycles. The van der Waals surface area contributed by atoms with Crippen molar-refractivity contribution >= 4 is 23.8 Å². The molecule has 9 nitrogen and oxygen atoms in total. The number of anilines is 1. The number of hydrogen-bond acceptors (Lipinski definition) is 7. The number of ether oxygens (including phenoxy) is 1. The molecule has 1 aromatic heterocycles. The fourth-order valence-corrected chi connectivity index (χ4v) is 4.17. The van der Waals surface area contributed by atoms with Crippen LogP contribution in [0.1, 0.15) is 32.0 Å². The fraction of sp³-hybridized carbons (Fsp3) is 0.300. The summed E-state index contributed by atoms with van der Waals surface area (Å²) in [5.41, 5.74) is 11.2. The fourth-order valence-electron chi connectivity index (χ4n) is 4.17. The average Bonchev–Trinajstić information content (AvgIpc) is 3.20. The van der Waals surface area contributed by atoms with Gasteiger partial charge in [-0.25, -0.2) is 4.79 Å². The van der Waals surface area contributed by atoms with Crippen LogP contribution in [0.25, 0.3) is 11.3 Å². The first-order valence-corrected chi connectivity index (χ1v) is 9.08. The molecule has 4 rings (SSSR count). The molecular formula is C20H20N4O5. The summed E-state index contributed by atoms with van der Waals surface area (Å²) < 4.78 is 11.0. The van der Waals surface area contributed by atoms with Crippen LogP contribution in [0.5, 0.6) is 0 Å². The normalized spacial score (nSPS) is 19.9. The van der Waals surface area contributed by atoms with Crippen molar-refractivity contribution in [2.24, 2.45) is 5.73 Å². The Hall–Kier alpha value is -3.62. The monoisotopic (exact) mass is 396 g/mol. The van der Waals surface area contributed by atoms with E-state index in [4.69, 9.17) is 20.6 Å². The smallest absolute Gasteiger partial charge is 0.337 e. The molecule has 0 saturated carbocycles. The Bertz CT molecular complexity index is 1100. The first-order chi connectivity index (χ1) is 13.7. The van der Waals surface area contributed by atoms with Crippen LogP contribution >= 0.6 is 0 Å². The van der Waals surface area contributed by atoms with Crippen molar-refractivity contribution in [2.45, 2.75) is 32.3 Å². The topological polar surface area (TPSA) is 142 Å². The second kappa shape index (κ2) is 6.20. The highest BCUT2D eigenvalue weighted by Crippen LogP contribution is 2.57. The van der Waals surface area contributed by atoms with Crippen LogP contribution in [0, 0.1) is 0 Å². The van der Waals surface area contributed by atoms with Gasteiger partial charge in [-0.15, -0.1) is 0 Å². The molecule has 4 N–H and O–H groups in total. The maximum atomic E-state index is 13.8. The van der Waals surface area contributed by atoms with Gasteiger partial charge in [0.15, 0.2) is 11.2 Å². The molecule has 2 amide bonds. The lowest BCUT2D eigenvalue weighted by atomic mass is 9.74. The van der Waals surface area contributed by atoms with Gasteiger partial charge >= 0.3 is 5.97 Å². The van der Waals surface area contributed by atoms with Gasteiger partial charge in [0.05, 0.1) is 11.7 Å². The Morgan fingerprint density at radius 1 is 1.31 bits per heavy atom. The molecule has 1 atom stereocenters. The van der Waals surface area contributed by atoms with E-state index in [2.05, 4.69) is 4.98 Å². The van der Waals surface area contributed by atoms with Crippen molar-refractivity contribution in [3.63, 3.8) is 0 Å². The van der Waals surface area contributed by atoms with Crippen molar-refractivity contribution in [3.8, 4) is 11.3 Å². The molecule has 0 radical (unpaired) electrons. The minimum absolute atomic E-state index is 0.0805. The number of nitrogens with zero attached hydrogens (tertiary/aromatic N) is 2. The second-order valence-corrected chi connectivity index (χ2v) is 7.30. The van der Waals surface area contributed by atoms with E-state index >= 15 is 0 Å². The highest BCUT2D eigenvalue weighted by Gasteiger charge is 2.63. The first kappa shape index (κ1) is 18.7. The van der Waals surface area contributed by atoms with Crippen LogP contribution in [0.3, 0.4) is 0 Å². The number of fused-ring (bicyclic) bond motifs is 5. The Balaban J connectivity index is 2.05. The van der Waals surface area contributed by atoms with E-state index in [1.165, 1.54) is 4.90 Å². The summed E-state index contributed by atoms with van der Waals surface area (Å²) in [6.45, 7) is 4.62. The van der Waals surface area contributed by atoms with Crippen molar-refractivity contribution in [3.05, 3.63) is 46.8 Å². The van der Waals surface area contributed by atoms with Crippen molar-refractivity contribution in [2.75, 3.05) is 12.3 Å². The van der Waals surface area contributed by atoms with Crippen molar-refractivity contribution < 1.29 is 23.5 Å². The summed E-state index contributed by atoms with van der Waals surface area (Å²) in [5.74, 6) is -1.60. The third kappa shape index (κ3) is 2.40. The number of hydrogen-bond donors (Lipinski definition) is 2. The molecule has 0 saturated heterocycles. The number of allylic oxidation sites excluding steroid dienone is 1. The van der Waals surface area contributed by atoms with E-state index in [9.17, 15) is 14.4 Å². The van der Waals surface area contributed by atoms with Gasteiger partial charge in [-0.2, -0.15) is 4.98 Å². The van der Waals surface area contributed by atoms with Gasteiger partial charge in [-0.1, -0.05) is 24.3 Å². The van der Waals surface area contributed by atoms with Crippen LogP contribution < -0.4 is 11.5 Å². The lowest BCUT2D eigenvalue weighted by molar-refractivity contribution is -0.144. The van der Waals surface area contributed by atoms with E-state index in [0.29, 0.717) is 16.9 Å². The minimum atomic E-state index is -1.61. The summed E-state index contributed by atoms with van der Waals surface area (Å²) in [7, 11) is 0. The largest absolute Gasteiger partial charge is 0.460 e. The lowest BCUT2D eigenvalue weighted by Crippen LogP contribution is -2.44. The molecule has 0 bridgehead atoms.